The quantitative estimate of drug-likeness (QED) is 0.709. The van der Waals surface area contributed by atoms with E-state index in [2.05, 4.69) is 15.0 Å². The monoisotopic (exact) mass is 362 g/mol. The van der Waals surface area contributed by atoms with Crippen molar-refractivity contribution in [2.45, 2.75) is 6.10 Å². The molecule has 27 heavy (non-hydrogen) atoms. The zero-order valence-electron chi connectivity index (χ0n) is 14.8. The van der Waals surface area contributed by atoms with Crippen molar-refractivity contribution in [1.29, 1.82) is 0 Å². The van der Waals surface area contributed by atoms with E-state index < -0.39 is 0 Å². The van der Waals surface area contributed by atoms with Gasteiger partial charge in [-0.15, -0.1) is 0 Å². The third-order valence-electron chi connectivity index (χ3n) is 4.27. The molecule has 0 N–H and O–H groups in total. The van der Waals surface area contributed by atoms with E-state index in [-0.39, 0.29) is 12.0 Å². The number of fused-ring (bicyclic) bond motifs is 1. The highest BCUT2D eigenvalue weighted by molar-refractivity contribution is 5.94. The van der Waals surface area contributed by atoms with Crippen LogP contribution in [0, 0.1) is 0 Å². The van der Waals surface area contributed by atoms with Crippen LogP contribution in [0.2, 0.25) is 0 Å². The van der Waals surface area contributed by atoms with Crippen LogP contribution in [0.1, 0.15) is 10.4 Å². The van der Waals surface area contributed by atoms with Crippen LogP contribution in [0.4, 0.5) is 0 Å². The van der Waals surface area contributed by atoms with Gasteiger partial charge in [-0.2, -0.15) is 0 Å². The molecule has 1 aliphatic rings. The lowest BCUT2D eigenvalue weighted by Crippen LogP contribution is -2.41. The van der Waals surface area contributed by atoms with Crippen LogP contribution in [0.25, 0.3) is 11.1 Å². The molecule has 3 heterocycles. The molecule has 2 aromatic heterocycles. The SMILES string of the molecule is CN(C[C@H]1COc2ccccc2O1)C(=O)c1cncc(-c2cncnc2)c1. The third-order valence-corrected chi connectivity index (χ3v) is 4.27. The maximum absolute atomic E-state index is 12.8. The lowest BCUT2D eigenvalue weighted by molar-refractivity contribution is 0.0520. The van der Waals surface area contributed by atoms with E-state index in [1.807, 2.05) is 24.3 Å². The van der Waals surface area contributed by atoms with Crippen molar-refractivity contribution in [3.05, 3.63) is 67.0 Å². The number of amides is 1. The Hall–Kier alpha value is -3.48. The van der Waals surface area contributed by atoms with Crippen molar-refractivity contribution in [1.82, 2.24) is 19.9 Å². The number of para-hydroxylation sites is 2. The smallest absolute Gasteiger partial charge is 0.255 e. The van der Waals surface area contributed by atoms with Crippen LogP contribution < -0.4 is 9.47 Å². The topological polar surface area (TPSA) is 77.4 Å². The van der Waals surface area contributed by atoms with Gasteiger partial charge in [-0.25, -0.2) is 9.97 Å². The summed E-state index contributed by atoms with van der Waals surface area (Å²) >= 11 is 0. The Kier molecular flexibility index (Phi) is 4.65. The van der Waals surface area contributed by atoms with Crippen molar-refractivity contribution < 1.29 is 14.3 Å². The Morgan fingerprint density at radius 3 is 2.63 bits per heavy atom. The van der Waals surface area contributed by atoms with Gasteiger partial charge in [0.1, 0.15) is 12.9 Å². The highest BCUT2D eigenvalue weighted by Gasteiger charge is 2.24. The fraction of sp³-hybridized carbons (Fsp3) is 0.200. The molecule has 4 rings (SSSR count). The number of ether oxygens (including phenoxy) is 2. The van der Waals surface area contributed by atoms with Crippen LogP contribution in [-0.2, 0) is 0 Å². The summed E-state index contributed by atoms with van der Waals surface area (Å²) in [5.74, 6) is 1.29. The van der Waals surface area contributed by atoms with E-state index in [4.69, 9.17) is 9.47 Å². The Morgan fingerprint density at radius 1 is 1.07 bits per heavy atom. The Morgan fingerprint density at radius 2 is 1.81 bits per heavy atom. The molecule has 0 saturated carbocycles. The van der Waals surface area contributed by atoms with E-state index in [1.54, 1.807) is 42.8 Å². The lowest BCUT2D eigenvalue weighted by Gasteiger charge is -2.29. The predicted octanol–water partition coefficient (Wildman–Crippen LogP) is 2.45. The van der Waals surface area contributed by atoms with Crippen LogP contribution in [-0.4, -0.2) is 52.1 Å². The minimum atomic E-state index is -0.229. The molecule has 3 aromatic rings. The highest BCUT2D eigenvalue weighted by Crippen LogP contribution is 2.31. The summed E-state index contributed by atoms with van der Waals surface area (Å²) in [5.41, 5.74) is 2.10. The van der Waals surface area contributed by atoms with Gasteiger partial charge in [0.05, 0.1) is 12.1 Å². The molecule has 0 bridgehead atoms. The molecule has 1 amide bonds. The normalized spacial score (nSPS) is 15.2. The first-order valence-electron chi connectivity index (χ1n) is 8.55. The number of hydrogen-bond acceptors (Lipinski definition) is 6. The molecule has 1 aliphatic heterocycles. The number of benzene rings is 1. The van der Waals surface area contributed by atoms with Crippen LogP contribution in [0.5, 0.6) is 11.5 Å². The maximum Gasteiger partial charge on any atom is 0.255 e. The van der Waals surface area contributed by atoms with E-state index in [0.29, 0.717) is 24.5 Å². The van der Waals surface area contributed by atoms with Crippen LogP contribution >= 0.6 is 0 Å². The summed E-state index contributed by atoms with van der Waals surface area (Å²) in [6.45, 7) is 0.806. The zero-order chi connectivity index (χ0) is 18.6. The van der Waals surface area contributed by atoms with Crippen molar-refractivity contribution in [2.75, 3.05) is 20.2 Å². The summed E-state index contributed by atoms with van der Waals surface area (Å²) in [6, 6.07) is 9.31. The van der Waals surface area contributed by atoms with E-state index in [1.165, 1.54) is 6.33 Å². The Bertz CT molecular complexity index is 949. The van der Waals surface area contributed by atoms with Gasteiger partial charge in [0.15, 0.2) is 17.6 Å². The number of rotatable bonds is 4. The number of likely N-dealkylation sites (N-methyl/N-ethyl adjacent to an activating group) is 1. The molecule has 0 saturated heterocycles. The number of carbonyl (C=O) groups is 1. The fourth-order valence-electron chi connectivity index (χ4n) is 2.92. The highest BCUT2D eigenvalue weighted by atomic mass is 16.6. The number of aromatic nitrogens is 3. The summed E-state index contributed by atoms with van der Waals surface area (Å²) in [4.78, 5) is 26.6. The van der Waals surface area contributed by atoms with Gasteiger partial charge in [-0.3, -0.25) is 9.78 Å². The fourth-order valence-corrected chi connectivity index (χ4v) is 2.92. The molecule has 1 atom stereocenters. The first-order chi connectivity index (χ1) is 13.2. The maximum atomic E-state index is 12.8. The summed E-state index contributed by atoms with van der Waals surface area (Å²) in [5, 5.41) is 0. The molecule has 0 spiro atoms. The molecular formula is C20H18N4O3. The molecule has 0 unspecified atom stereocenters. The van der Waals surface area contributed by atoms with Gasteiger partial charge in [0.25, 0.3) is 5.91 Å². The van der Waals surface area contributed by atoms with Gasteiger partial charge in [0, 0.05) is 43.0 Å². The third kappa shape index (κ3) is 3.72. The number of hydrogen-bond donors (Lipinski definition) is 0. The molecular weight excluding hydrogens is 344 g/mol. The Labute approximate surface area is 156 Å². The largest absolute Gasteiger partial charge is 0.486 e. The standard InChI is InChI=1S/C20H18N4O3/c1-24(11-17-12-26-18-4-2-3-5-19(18)27-17)20(25)15-6-14(7-21-8-15)16-9-22-13-23-10-16/h2-10,13,17H,11-12H2,1H3/t17-/m0/s1. The number of pyridine rings is 1. The molecule has 7 heteroatoms. The van der Waals surface area contributed by atoms with Gasteiger partial charge in [-0.05, 0) is 18.2 Å². The number of nitrogens with zero attached hydrogens (tertiary/aromatic N) is 4. The molecule has 7 nitrogen and oxygen atoms in total. The first-order valence-corrected chi connectivity index (χ1v) is 8.55. The van der Waals surface area contributed by atoms with E-state index in [9.17, 15) is 4.79 Å². The molecule has 0 radical (unpaired) electrons. The van der Waals surface area contributed by atoms with Gasteiger partial charge < -0.3 is 14.4 Å². The van der Waals surface area contributed by atoms with Crippen LogP contribution in [0.15, 0.2) is 61.4 Å². The van der Waals surface area contributed by atoms with Crippen molar-refractivity contribution in [3.8, 4) is 22.6 Å². The van der Waals surface area contributed by atoms with E-state index >= 15 is 0 Å². The first kappa shape index (κ1) is 17.0. The molecule has 1 aromatic carbocycles. The van der Waals surface area contributed by atoms with Gasteiger partial charge in [0.2, 0.25) is 0 Å². The van der Waals surface area contributed by atoms with E-state index in [0.717, 1.165) is 16.9 Å². The van der Waals surface area contributed by atoms with Gasteiger partial charge >= 0.3 is 0 Å². The average Bonchev–Trinajstić information content (AvgIpc) is 2.74. The molecule has 136 valence electrons. The summed E-state index contributed by atoms with van der Waals surface area (Å²) in [6.07, 6.45) is 7.85. The van der Waals surface area contributed by atoms with Crippen molar-refractivity contribution >= 4 is 5.91 Å². The van der Waals surface area contributed by atoms with Gasteiger partial charge in [-0.1, -0.05) is 12.1 Å². The number of carbonyl (C=O) groups excluding carboxylic acids is 1. The minimum Gasteiger partial charge on any atom is -0.486 e. The predicted molar refractivity (Wildman–Crippen MR) is 98.6 cm³/mol. The lowest BCUT2D eigenvalue weighted by atomic mass is 10.1. The second-order valence-corrected chi connectivity index (χ2v) is 6.27. The second kappa shape index (κ2) is 7.41. The van der Waals surface area contributed by atoms with Crippen molar-refractivity contribution in [2.24, 2.45) is 0 Å². The molecule has 0 fully saturated rings. The molecule has 0 aliphatic carbocycles. The minimum absolute atomic E-state index is 0.136. The average molecular weight is 362 g/mol. The van der Waals surface area contributed by atoms with Crippen LogP contribution in [0.3, 0.4) is 0 Å². The zero-order valence-corrected chi connectivity index (χ0v) is 14.8. The van der Waals surface area contributed by atoms with Crippen molar-refractivity contribution in [3.63, 3.8) is 0 Å². The summed E-state index contributed by atoms with van der Waals surface area (Å²) < 4.78 is 11.6. The second-order valence-electron chi connectivity index (χ2n) is 6.27. The summed E-state index contributed by atoms with van der Waals surface area (Å²) in [7, 11) is 1.74. The Balaban J connectivity index is 1.45.